The Morgan fingerprint density at radius 1 is 1.07 bits per heavy atom. The van der Waals surface area contributed by atoms with Crippen LogP contribution in [0, 0.1) is 6.92 Å². The van der Waals surface area contributed by atoms with Gasteiger partial charge in [-0.3, -0.25) is 0 Å². The fourth-order valence-corrected chi connectivity index (χ4v) is 2.99. The minimum atomic E-state index is 0.692. The van der Waals surface area contributed by atoms with Gasteiger partial charge in [-0.1, -0.05) is 68.1 Å². The van der Waals surface area contributed by atoms with E-state index in [1.807, 2.05) is 20.8 Å². The molecule has 0 N–H and O–H groups in total. The number of hydrogen-bond acceptors (Lipinski definition) is 2. The molecular formula is C26H30N2. The SMILES string of the molecule is C=C/C(C)=C(\N=C/C)/N=C(C)/C=C(/c1cccc(CC)c1)c1ccccc1C. The molecular weight excluding hydrogens is 340 g/mol. The van der Waals surface area contributed by atoms with Crippen molar-refractivity contribution in [3.05, 3.63) is 101 Å². The molecule has 2 aromatic carbocycles. The standard InChI is InChI=1S/C26H30N2/c1-7-19(4)26(27-9-3)28-21(6)17-25(24-16-11-10-13-20(24)5)23-15-12-14-22(8-2)18-23/h7,9-18H,1,8H2,2-6H3/b25-17-,26-19+,27-9-,28-21+. The van der Waals surface area contributed by atoms with Crippen molar-refractivity contribution in [3.8, 4) is 0 Å². The molecule has 0 fully saturated rings. The Balaban J connectivity index is 2.66. The monoisotopic (exact) mass is 370 g/mol. The van der Waals surface area contributed by atoms with E-state index in [0.717, 1.165) is 17.7 Å². The zero-order chi connectivity index (χ0) is 20.5. The molecule has 0 saturated heterocycles. The van der Waals surface area contributed by atoms with Gasteiger partial charge < -0.3 is 0 Å². The van der Waals surface area contributed by atoms with E-state index in [4.69, 9.17) is 4.99 Å². The lowest BCUT2D eigenvalue weighted by Crippen LogP contribution is -1.97. The largest absolute Gasteiger partial charge is 0.242 e. The second-order valence-corrected chi connectivity index (χ2v) is 6.78. The summed E-state index contributed by atoms with van der Waals surface area (Å²) in [4.78, 5) is 9.15. The molecule has 0 aliphatic heterocycles. The van der Waals surface area contributed by atoms with Gasteiger partial charge >= 0.3 is 0 Å². The maximum atomic E-state index is 4.75. The van der Waals surface area contributed by atoms with E-state index in [9.17, 15) is 0 Å². The summed E-state index contributed by atoms with van der Waals surface area (Å²) in [6.45, 7) is 14.1. The van der Waals surface area contributed by atoms with E-state index in [2.05, 4.69) is 80.0 Å². The lowest BCUT2D eigenvalue weighted by Gasteiger charge is -2.13. The molecule has 2 aromatic rings. The summed E-state index contributed by atoms with van der Waals surface area (Å²) in [5.41, 5.74) is 8.02. The van der Waals surface area contributed by atoms with Crippen LogP contribution in [0.15, 0.2) is 88.6 Å². The Kier molecular flexibility index (Phi) is 7.88. The third kappa shape index (κ3) is 5.50. The number of hydrogen-bond donors (Lipinski definition) is 0. The van der Waals surface area contributed by atoms with Crippen LogP contribution < -0.4 is 0 Å². The van der Waals surface area contributed by atoms with Gasteiger partial charge in [0.1, 0.15) is 0 Å². The summed E-state index contributed by atoms with van der Waals surface area (Å²) in [6.07, 6.45) is 6.71. The molecule has 144 valence electrons. The van der Waals surface area contributed by atoms with E-state index < -0.39 is 0 Å². The quantitative estimate of drug-likeness (QED) is 0.372. The summed E-state index contributed by atoms with van der Waals surface area (Å²) in [6, 6.07) is 17.2. The number of aliphatic imine (C=N–C) groups is 2. The maximum absolute atomic E-state index is 4.75. The Labute approximate surface area is 169 Å². The van der Waals surface area contributed by atoms with Crippen LogP contribution in [0.3, 0.4) is 0 Å². The van der Waals surface area contributed by atoms with Crippen LogP contribution >= 0.6 is 0 Å². The Bertz CT molecular complexity index is 956. The van der Waals surface area contributed by atoms with Crippen molar-refractivity contribution < 1.29 is 0 Å². The molecule has 0 saturated carbocycles. The van der Waals surface area contributed by atoms with Gasteiger partial charge in [0, 0.05) is 11.9 Å². The first-order valence-corrected chi connectivity index (χ1v) is 9.74. The lowest BCUT2D eigenvalue weighted by molar-refractivity contribution is 1.14. The molecule has 0 aromatic heterocycles. The number of aryl methyl sites for hydroxylation is 2. The van der Waals surface area contributed by atoms with E-state index in [1.54, 1.807) is 12.3 Å². The lowest BCUT2D eigenvalue weighted by atomic mass is 9.92. The van der Waals surface area contributed by atoms with E-state index in [-0.39, 0.29) is 0 Å². The third-order valence-corrected chi connectivity index (χ3v) is 4.63. The first kappa shape index (κ1) is 21.3. The summed E-state index contributed by atoms with van der Waals surface area (Å²) in [7, 11) is 0. The normalized spacial score (nSPS) is 13.6. The highest BCUT2D eigenvalue weighted by Crippen LogP contribution is 2.27. The van der Waals surface area contributed by atoms with Gasteiger partial charge in [-0.05, 0) is 73.6 Å². The third-order valence-electron chi connectivity index (χ3n) is 4.63. The molecule has 0 heterocycles. The van der Waals surface area contributed by atoms with Crippen molar-refractivity contribution in [2.75, 3.05) is 0 Å². The second kappa shape index (κ2) is 10.4. The Hall–Kier alpha value is -3.00. The molecule has 0 bridgehead atoms. The van der Waals surface area contributed by atoms with Gasteiger partial charge in [0.15, 0.2) is 5.82 Å². The minimum absolute atomic E-state index is 0.692. The highest BCUT2D eigenvalue weighted by atomic mass is 15.0. The van der Waals surface area contributed by atoms with E-state index in [1.165, 1.54) is 27.8 Å². The number of allylic oxidation sites excluding steroid dienone is 3. The Morgan fingerprint density at radius 2 is 1.82 bits per heavy atom. The summed E-state index contributed by atoms with van der Waals surface area (Å²) in [5, 5.41) is 0. The van der Waals surface area contributed by atoms with Crippen molar-refractivity contribution in [2.24, 2.45) is 9.98 Å². The topological polar surface area (TPSA) is 24.7 Å². The number of rotatable bonds is 7. The average molecular weight is 371 g/mol. The number of nitrogens with zero attached hydrogens (tertiary/aromatic N) is 2. The smallest absolute Gasteiger partial charge is 0.154 e. The molecule has 2 rings (SSSR count). The molecule has 0 radical (unpaired) electrons. The molecule has 28 heavy (non-hydrogen) atoms. The van der Waals surface area contributed by atoms with Crippen LogP contribution in [-0.2, 0) is 6.42 Å². The van der Waals surface area contributed by atoms with Gasteiger partial charge in [-0.15, -0.1) is 0 Å². The van der Waals surface area contributed by atoms with Gasteiger partial charge in [-0.2, -0.15) is 0 Å². The molecule has 0 spiro atoms. The van der Waals surface area contributed by atoms with E-state index in [0.29, 0.717) is 5.82 Å². The van der Waals surface area contributed by atoms with Crippen molar-refractivity contribution in [3.63, 3.8) is 0 Å². The molecule has 2 nitrogen and oxygen atoms in total. The first-order chi connectivity index (χ1) is 13.5. The highest BCUT2D eigenvalue weighted by molar-refractivity contribution is 6.03. The van der Waals surface area contributed by atoms with E-state index >= 15 is 0 Å². The summed E-state index contributed by atoms with van der Waals surface area (Å²) >= 11 is 0. The molecule has 2 heteroatoms. The predicted octanol–water partition coefficient (Wildman–Crippen LogP) is 6.96. The molecule has 0 unspecified atom stereocenters. The molecule has 0 amide bonds. The van der Waals surface area contributed by atoms with Crippen molar-refractivity contribution >= 4 is 17.5 Å². The zero-order valence-electron chi connectivity index (χ0n) is 17.7. The van der Waals surface area contributed by atoms with Crippen LogP contribution in [0.5, 0.6) is 0 Å². The summed E-state index contributed by atoms with van der Waals surface area (Å²) in [5.74, 6) is 0.692. The van der Waals surface area contributed by atoms with Crippen molar-refractivity contribution in [1.29, 1.82) is 0 Å². The van der Waals surface area contributed by atoms with Crippen LogP contribution in [-0.4, -0.2) is 11.9 Å². The fraction of sp³-hybridized carbons (Fsp3) is 0.231. The number of benzene rings is 2. The van der Waals surface area contributed by atoms with Gasteiger partial charge in [-0.25, -0.2) is 9.98 Å². The first-order valence-electron chi connectivity index (χ1n) is 9.74. The minimum Gasteiger partial charge on any atom is -0.242 e. The van der Waals surface area contributed by atoms with Crippen LogP contribution in [0.25, 0.3) is 5.57 Å². The highest BCUT2D eigenvalue weighted by Gasteiger charge is 2.09. The van der Waals surface area contributed by atoms with Gasteiger partial charge in [0.2, 0.25) is 0 Å². The van der Waals surface area contributed by atoms with Crippen LogP contribution in [0.4, 0.5) is 0 Å². The van der Waals surface area contributed by atoms with Gasteiger partial charge in [0.25, 0.3) is 0 Å². The Morgan fingerprint density at radius 3 is 2.46 bits per heavy atom. The van der Waals surface area contributed by atoms with Crippen molar-refractivity contribution in [1.82, 2.24) is 0 Å². The molecule has 0 aliphatic carbocycles. The fourth-order valence-electron chi connectivity index (χ4n) is 2.99. The van der Waals surface area contributed by atoms with Crippen molar-refractivity contribution in [2.45, 2.75) is 41.0 Å². The summed E-state index contributed by atoms with van der Waals surface area (Å²) < 4.78 is 0. The zero-order valence-corrected chi connectivity index (χ0v) is 17.7. The van der Waals surface area contributed by atoms with Crippen LogP contribution in [0.1, 0.15) is 49.9 Å². The second-order valence-electron chi connectivity index (χ2n) is 6.78. The van der Waals surface area contributed by atoms with Gasteiger partial charge in [0.05, 0.1) is 0 Å². The predicted molar refractivity (Wildman–Crippen MR) is 124 cm³/mol. The maximum Gasteiger partial charge on any atom is 0.154 e. The van der Waals surface area contributed by atoms with Crippen LogP contribution in [0.2, 0.25) is 0 Å². The average Bonchev–Trinajstić information content (AvgIpc) is 2.71. The molecule has 0 aliphatic rings. The molecule has 0 atom stereocenters.